The van der Waals surface area contributed by atoms with Crippen molar-refractivity contribution in [2.24, 2.45) is 22.7 Å². The summed E-state index contributed by atoms with van der Waals surface area (Å²) in [7, 11) is 0. The molecule has 0 spiro atoms. The van der Waals surface area contributed by atoms with Crippen LogP contribution in [0.2, 0.25) is 0 Å². The van der Waals surface area contributed by atoms with Gasteiger partial charge in [-0.15, -0.1) is 0 Å². The van der Waals surface area contributed by atoms with Gasteiger partial charge in [0.1, 0.15) is 0 Å². The smallest absolute Gasteiger partial charge is 0.0248 e. The highest BCUT2D eigenvalue weighted by atomic mass is 14.5. The van der Waals surface area contributed by atoms with Crippen LogP contribution in [0, 0.1) is 22.7 Å². The second-order valence-corrected chi connectivity index (χ2v) is 8.62. The van der Waals surface area contributed by atoms with Crippen molar-refractivity contribution < 1.29 is 0 Å². The predicted molar refractivity (Wildman–Crippen MR) is 106 cm³/mol. The van der Waals surface area contributed by atoms with Crippen molar-refractivity contribution in [3.8, 4) is 0 Å². The Kier molecular flexibility index (Phi) is 5.91. The Bertz CT molecular complexity index is 550. The molecule has 24 heavy (non-hydrogen) atoms. The van der Waals surface area contributed by atoms with Crippen molar-refractivity contribution in [3.05, 3.63) is 71.8 Å². The van der Waals surface area contributed by atoms with E-state index in [9.17, 15) is 0 Å². The molecule has 0 heteroatoms. The Hall–Kier alpha value is -1.56. The molecular formula is C24H34. The molecule has 0 aromatic heterocycles. The van der Waals surface area contributed by atoms with E-state index in [1.54, 1.807) is 0 Å². The molecule has 0 amide bonds. The van der Waals surface area contributed by atoms with Crippen molar-refractivity contribution in [3.63, 3.8) is 0 Å². The average Bonchev–Trinajstić information content (AvgIpc) is 2.56. The van der Waals surface area contributed by atoms with Gasteiger partial charge in [0.15, 0.2) is 0 Å². The minimum Gasteiger partial charge on any atom is -0.0622 e. The molecule has 2 rings (SSSR count). The Morgan fingerprint density at radius 2 is 0.875 bits per heavy atom. The molecule has 0 bridgehead atoms. The summed E-state index contributed by atoms with van der Waals surface area (Å²) in [6, 6.07) is 21.8. The molecule has 0 aliphatic heterocycles. The Labute approximate surface area is 149 Å². The third kappa shape index (κ3) is 4.09. The summed E-state index contributed by atoms with van der Waals surface area (Å²) in [5.74, 6) is 1.27. The van der Waals surface area contributed by atoms with Gasteiger partial charge in [0.25, 0.3) is 0 Å². The molecule has 0 saturated carbocycles. The zero-order valence-corrected chi connectivity index (χ0v) is 16.3. The van der Waals surface area contributed by atoms with Crippen molar-refractivity contribution in [2.75, 3.05) is 0 Å². The van der Waals surface area contributed by atoms with Crippen LogP contribution in [0.25, 0.3) is 0 Å². The number of hydrogen-bond acceptors (Lipinski definition) is 0. The van der Waals surface area contributed by atoms with E-state index in [0.29, 0.717) is 11.8 Å². The lowest BCUT2D eigenvalue weighted by molar-refractivity contribution is 0.000150. The average molecular weight is 323 g/mol. The standard InChI is InChI=1S/C24H34/c1-19(17-21-13-9-7-10-14-21)23(3,4)24(5,6)20(2)18-22-15-11-8-12-16-22/h7-16,19-20H,17-18H2,1-6H3. The van der Waals surface area contributed by atoms with Gasteiger partial charge >= 0.3 is 0 Å². The molecule has 130 valence electrons. The van der Waals surface area contributed by atoms with Gasteiger partial charge in [0.05, 0.1) is 0 Å². The lowest BCUT2D eigenvalue weighted by Crippen LogP contribution is -2.43. The molecule has 0 heterocycles. The van der Waals surface area contributed by atoms with E-state index >= 15 is 0 Å². The summed E-state index contributed by atoms with van der Waals surface area (Å²) in [5.41, 5.74) is 3.42. The normalized spacial score (nSPS) is 15.1. The molecule has 0 N–H and O–H groups in total. The number of rotatable bonds is 7. The topological polar surface area (TPSA) is 0 Å². The maximum atomic E-state index is 2.46. The van der Waals surface area contributed by atoms with Gasteiger partial charge < -0.3 is 0 Å². The Balaban J connectivity index is 2.12. The summed E-state index contributed by atoms with van der Waals surface area (Å²) in [6.45, 7) is 14.7. The first-order valence-electron chi connectivity index (χ1n) is 9.33. The fraction of sp³-hybridized carbons (Fsp3) is 0.500. The second kappa shape index (κ2) is 7.55. The van der Waals surface area contributed by atoms with Crippen LogP contribution in [0.1, 0.15) is 52.7 Å². The van der Waals surface area contributed by atoms with Gasteiger partial charge in [-0.05, 0) is 46.6 Å². The molecular weight excluding hydrogens is 288 g/mol. The van der Waals surface area contributed by atoms with Crippen LogP contribution in [0.3, 0.4) is 0 Å². The maximum Gasteiger partial charge on any atom is -0.0248 e. The first kappa shape index (κ1) is 18.8. The molecule has 0 aliphatic rings. The largest absolute Gasteiger partial charge is 0.0622 e. The van der Waals surface area contributed by atoms with Gasteiger partial charge in [0.2, 0.25) is 0 Å². The van der Waals surface area contributed by atoms with Crippen LogP contribution in [0.5, 0.6) is 0 Å². The van der Waals surface area contributed by atoms with E-state index in [1.165, 1.54) is 11.1 Å². The molecule has 2 atom stereocenters. The van der Waals surface area contributed by atoms with Crippen molar-refractivity contribution in [1.82, 2.24) is 0 Å². The zero-order chi connectivity index (χ0) is 17.8. The maximum absolute atomic E-state index is 2.46. The lowest BCUT2D eigenvalue weighted by atomic mass is 9.55. The molecule has 2 aromatic carbocycles. The molecule has 0 radical (unpaired) electrons. The van der Waals surface area contributed by atoms with Crippen molar-refractivity contribution >= 4 is 0 Å². The van der Waals surface area contributed by atoms with E-state index < -0.39 is 0 Å². The van der Waals surface area contributed by atoms with Crippen molar-refractivity contribution in [1.29, 1.82) is 0 Å². The molecule has 2 aromatic rings. The Morgan fingerprint density at radius 1 is 0.583 bits per heavy atom. The molecule has 0 fully saturated rings. The summed E-state index contributed by atoms with van der Waals surface area (Å²) >= 11 is 0. The van der Waals surface area contributed by atoms with Crippen LogP contribution >= 0.6 is 0 Å². The highest BCUT2D eigenvalue weighted by molar-refractivity contribution is 5.17. The van der Waals surface area contributed by atoms with Crippen LogP contribution < -0.4 is 0 Å². The second-order valence-electron chi connectivity index (χ2n) is 8.62. The highest BCUT2D eigenvalue weighted by Crippen LogP contribution is 2.50. The zero-order valence-electron chi connectivity index (χ0n) is 16.3. The third-order valence-electron chi connectivity index (χ3n) is 6.89. The quantitative estimate of drug-likeness (QED) is 0.526. The first-order valence-corrected chi connectivity index (χ1v) is 9.33. The highest BCUT2D eigenvalue weighted by Gasteiger charge is 2.44. The number of benzene rings is 2. The van der Waals surface area contributed by atoms with Crippen LogP contribution in [0.15, 0.2) is 60.7 Å². The van der Waals surface area contributed by atoms with E-state index in [1.807, 2.05) is 0 Å². The summed E-state index contributed by atoms with van der Waals surface area (Å²) in [5, 5.41) is 0. The van der Waals surface area contributed by atoms with Gasteiger partial charge in [-0.2, -0.15) is 0 Å². The fourth-order valence-corrected chi connectivity index (χ4v) is 3.72. The van der Waals surface area contributed by atoms with Crippen molar-refractivity contribution in [2.45, 2.75) is 54.4 Å². The minimum atomic E-state index is 0.261. The summed E-state index contributed by atoms with van der Waals surface area (Å²) in [6.07, 6.45) is 2.30. The van der Waals surface area contributed by atoms with Gasteiger partial charge in [-0.25, -0.2) is 0 Å². The fourth-order valence-electron chi connectivity index (χ4n) is 3.72. The number of hydrogen-bond donors (Lipinski definition) is 0. The molecule has 0 saturated heterocycles. The van der Waals surface area contributed by atoms with Gasteiger partial charge in [-0.3, -0.25) is 0 Å². The van der Waals surface area contributed by atoms with E-state index in [2.05, 4.69) is 102 Å². The van der Waals surface area contributed by atoms with Crippen LogP contribution in [-0.2, 0) is 12.8 Å². The van der Waals surface area contributed by atoms with E-state index in [4.69, 9.17) is 0 Å². The van der Waals surface area contributed by atoms with Crippen LogP contribution in [-0.4, -0.2) is 0 Å². The molecule has 0 aliphatic carbocycles. The minimum absolute atomic E-state index is 0.261. The van der Waals surface area contributed by atoms with E-state index in [0.717, 1.165) is 12.8 Å². The predicted octanol–water partition coefficient (Wildman–Crippen LogP) is 6.80. The SMILES string of the molecule is CC(Cc1ccccc1)C(C)(C)C(C)(C)C(C)Cc1ccccc1. The molecule has 0 nitrogen and oxygen atoms in total. The molecule has 2 unspecified atom stereocenters. The summed E-state index contributed by atoms with van der Waals surface area (Å²) < 4.78 is 0. The monoisotopic (exact) mass is 322 g/mol. The van der Waals surface area contributed by atoms with Gasteiger partial charge in [0, 0.05) is 0 Å². The van der Waals surface area contributed by atoms with Crippen LogP contribution in [0.4, 0.5) is 0 Å². The Morgan fingerprint density at radius 3 is 1.17 bits per heavy atom. The van der Waals surface area contributed by atoms with E-state index in [-0.39, 0.29) is 10.8 Å². The summed E-state index contributed by atoms with van der Waals surface area (Å²) in [4.78, 5) is 0. The van der Waals surface area contributed by atoms with Gasteiger partial charge in [-0.1, -0.05) is 102 Å². The first-order chi connectivity index (χ1) is 11.2. The lowest BCUT2D eigenvalue weighted by Gasteiger charge is -2.50. The third-order valence-corrected chi connectivity index (χ3v) is 6.89.